The number of aliphatic hydroxyl groups excluding tert-OH is 1. The number of amides is 2. The van der Waals surface area contributed by atoms with Crippen LogP contribution in [0.5, 0.6) is 0 Å². The van der Waals surface area contributed by atoms with Crippen molar-refractivity contribution in [3.63, 3.8) is 0 Å². The number of rotatable bonds is 7. The van der Waals surface area contributed by atoms with Crippen LogP contribution in [0.15, 0.2) is 0 Å². The van der Waals surface area contributed by atoms with Gasteiger partial charge >= 0.3 is 0 Å². The molecular formula is C11H19N3O3. The van der Waals surface area contributed by atoms with Crippen LogP contribution in [-0.2, 0) is 9.59 Å². The molecule has 6 heteroatoms. The normalized spacial score (nSPS) is 13.8. The van der Waals surface area contributed by atoms with E-state index < -0.39 is 24.0 Å². The molecule has 0 aromatic heterocycles. The highest BCUT2D eigenvalue weighted by Crippen LogP contribution is 2.05. The number of primary amides is 1. The van der Waals surface area contributed by atoms with E-state index in [2.05, 4.69) is 5.32 Å². The number of carbonyl (C=O) groups is 2. The molecule has 2 atom stereocenters. The van der Waals surface area contributed by atoms with E-state index in [1.54, 1.807) is 0 Å². The van der Waals surface area contributed by atoms with Crippen LogP contribution < -0.4 is 11.1 Å². The molecule has 4 N–H and O–H groups in total. The molecular weight excluding hydrogens is 222 g/mol. The summed E-state index contributed by atoms with van der Waals surface area (Å²) >= 11 is 0. The summed E-state index contributed by atoms with van der Waals surface area (Å²) in [7, 11) is 0. The van der Waals surface area contributed by atoms with Gasteiger partial charge in [0.1, 0.15) is 12.1 Å². The zero-order valence-corrected chi connectivity index (χ0v) is 10.1. The third-order valence-corrected chi connectivity index (χ3v) is 2.20. The smallest absolute Gasteiger partial charge is 0.249 e. The Labute approximate surface area is 101 Å². The number of hydrogen-bond acceptors (Lipinski definition) is 4. The SMILES string of the molecule is CC(C)C[C@H](O)C(=O)N[C@H](CCC#N)C(N)=O. The molecule has 0 saturated carbocycles. The minimum atomic E-state index is -1.15. The molecule has 0 spiro atoms. The maximum atomic E-state index is 11.5. The summed E-state index contributed by atoms with van der Waals surface area (Å²) in [5.74, 6) is -1.16. The molecule has 0 aromatic carbocycles. The zero-order chi connectivity index (χ0) is 13.4. The Balaban J connectivity index is 4.30. The molecule has 0 fully saturated rings. The molecule has 0 heterocycles. The van der Waals surface area contributed by atoms with Gasteiger partial charge in [-0.3, -0.25) is 9.59 Å². The lowest BCUT2D eigenvalue weighted by Crippen LogP contribution is -2.48. The number of nitrogens with two attached hydrogens (primary N) is 1. The van der Waals surface area contributed by atoms with E-state index in [0.717, 1.165) is 0 Å². The molecule has 0 saturated heterocycles. The van der Waals surface area contributed by atoms with Crippen molar-refractivity contribution >= 4 is 11.8 Å². The van der Waals surface area contributed by atoms with Crippen LogP contribution in [0.3, 0.4) is 0 Å². The fourth-order valence-corrected chi connectivity index (χ4v) is 1.32. The van der Waals surface area contributed by atoms with Crippen molar-refractivity contribution in [3.8, 4) is 6.07 Å². The lowest BCUT2D eigenvalue weighted by molar-refractivity contribution is -0.133. The Bertz CT molecular complexity index is 310. The lowest BCUT2D eigenvalue weighted by atomic mass is 10.0. The molecule has 96 valence electrons. The summed E-state index contributed by atoms with van der Waals surface area (Å²) in [4.78, 5) is 22.5. The van der Waals surface area contributed by atoms with E-state index >= 15 is 0 Å². The predicted molar refractivity (Wildman–Crippen MR) is 61.4 cm³/mol. The number of nitrogens with one attached hydrogen (secondary N) is 1. The van der Waals surface area contributed by atoms with Crippen molar-refractivity contribution in [1.82, 2.24) is 5.32 Å². The fraction of sp³-hybridized carbons (Fsp3) is 0.727. The van der Waals surface area contributed by atoms with Crippen LogP contribution in [0, 0.1) is 17.2 Å². The van der Waals surface area contributed by atoms with Gasteiger partial charge in [-0.15, -0.1) is 0 Å². The predicted octanol–water partition coefficient (Wildman–Crippen LogP) is -0.333. The molecule has 0 aliphatic carbocycles. The molecule has 0 bridgehead atoms. The van der Waals surface area contributed by atoms with Gasteiger partial charge < -0.3 is 16.2 Å². The number of hydrogen-bond donors (Lipinski definition) is 3. The highest BCUT2D eigenvalue weighted by atomic mass is 16.3. The van der Waals surface area contributed by atoms with Gasteiger partial charge in [-0.1, -0.05) is 13.8 Å². The first kappa shape index (κ1) is 15.4. The van der Waals surface area contributed by atoms with Crippen molar-refractivity contribution in [3.05, 3.63) is 0 Å². The van der Waals surface area contributed by atoms with Gasteiger partial charge in [0, 0.05) is 6.42 Å². The van der Waals surface area contributed by atoms with Crippen LogP contribution in [0.25, 0.3) is 0 Å². The van der Waals surface area contributed by atoms with Crippen molar-refractivity contribution in [2.24, 2.45) is 11.7 Å². The maximum Gasteiger partial charge on any atom is 0.249 e. The summed E-state index contributed by atoms with van der Waals surface area (Å²) in [5, 5.41) is 20.3. The van der Waals surface area contributed by atoms with E-state index in [-0.39, 0.29) is 18.8 Å². The van der Waals surface area contributed by atoms with Gasteiger partial charge in [0.25, 0.3) is 0 Å². The van der Waals surface area contributed by atoms with E-state index in [9.17, 15) is 14.7 Å². The van der Waals surface area contributed by atoms with Crippen LogP contribution in [0.2, 0.25) is 0 Å². The van der Waals surface area contributed by atoms with Crippen LogP contribution in [0.4, 0.5) is 0 Å². The van der Waals surface area contributed by atoms with E-state index in [1.807, 2.05) is 19.9 Å². The Morgan fingerprint density at radius 3 is 2.47 bits per heavy atom. The summed E-state index contributed by atoms with van der Waals surface area (Å²) in [5.41, 5.74) is 5.08. The molecule has 0 aromatic rings. The molecule has 0 unspecified atom stereocenters. The molecule has 0 radical (unpaired) electrons. The topological polar surface area (TPSA) is 116 Å². The second kappa shape index (κ2) is 7.63. The van der Waals surface area contributed by atoms with Crippen LogP contribution >= 0.6 is 0 Å². The average Bonchev–Trinajstić information content (AvgIpc) is 2.22. The van der Waals surface area contributed by atoms with Gasteiger partial charge in [-0.2, -0.15) is 5.26 Å². The summed E-state index contributed by atoms with van der Waals surface area (Å²) in [6.45, 7) is 3.75. The summed E-state index contributed by atoms with van der Waals surface area (Å²) in [6, 6.07) is 0.967. The van der Waals surface area contributed by atoms with Crippen molar-refractivity contribution in [1.29, 1.82) is 5.26 Å². The number of carbonyl (C=O) groups excluding carboxylic acids is 2. The van der Waals surface area contributed by atoms with E-state index in [4.69, 9.17) is 11.0 Å². The quantitative estimate of drug-likeness (QED) is 0.565. The molecule has 2 amide bonds. The Morgan fingerprint density at radius 2 is 2.06 bits per heavy atom. The van der Waals surface area contributed by atoms with Gasteiger partial charge in [-0.05, 0) is 18.8 Å². The van der Waals surface area contributed by atoms with Crippen molar-refractivity contribution in [2.45, 2.75) is 45.3 Å². The number of nitriles is 1. The molecule has 6 nitrogen and oxygen atoms in total. The third kappa shape index (κ3) is 6.53. The van der Waals surface area contributed by atoms with E-state index in [0.29, 0.717) is 6.42 Å². The monoisotopic (exact) mass is 241 g/mol. The highest BCUT2D eigenvalue weighted by Gasteiger charge is 2.22. The third-order valence-electron chi connectivity index (χ3n) is 2.20. The standard InChI is InChI=1S/C11H19N3O3/c1-7(2)6-9(15)11(17)14-8(10(13)16)4-3-5-12/h7-9,15H,3-4,6H2,1-2H3,(H2,13,16)(H,14,17)/t8-,9+/m1/s1. The minimum absolute atomic E-state index is 0.119. The minimum Gasteiger partial charge on any atom is -0.383 e. The van der Waals surface area contributed by atoms with Crippen molar-refractivity contribution < 1.29 is 14.7 Å². The van der Waals surface area contributed by atoms with Gasteiger partial charge in [0.05, 0.1) is 6.07 Å². The zero-order valence-electron chi connectivity index (χ0n) is 10.1. The Hall–Kier alpha value is -1.61. The molecule has 17 heavy (non-hydrogen) atoms. The molecule has 0 rings (SSSR count). The second-order valence-corrected chi connectivity index (χ2v) is 4.31. The highest BCUT2D eigenvalue weighted by molar-refractivity contribution is 5.88. The molecule has 0 aliphatic heterocycles. The van der Waals surface area contributed by atoms with Gasteiger partial charge in [-0.25, -0.2) is 0 Å². The Morgan fingerprint density at radius 1 is 1.47 bits per heavy atom. The summed E-state index contributed by atoms with van der Waals surface area (Å²) < 4.78 is 0. The summed E-state index contributed by atoms with van der Waals surface area (Å²) in [6.07, 6.45) is -0.561. The molecule has 0 aliphatic rings. The van der Waals surface area contributed by atoms with Gasteiger partial charge in [0.15, 0.2) is 0 Å². The number of aliphatic hydroxyl groups is 1. The van der Waals surface area contributed by atoms with Crippen LogP contribution in [0.1, 0.15) is 33.1 Å². The lowest BCUT2D eigenvalue weighted by Gasteiger charge is -2.18. The van der Waals surface area contributed by atoms with Crippen LogP contribution in [-0.4, -0.2) is 29.1 Å². The first-order valence-electron chi connectivity index (χ1n) is 5.53. The maximum absolute atomic E-state index is 11.5. The largest absolute Gasteiger partial charge is 0.383 e. The average molecular weight is 241 g/mol. The van der Waals surface area contributed by atoms with E-state index in [1.165, 1.54) is 0 Å². The van der Waals surface area contributed by atoms with Gasteiger partial charge in [0.2, 0.25) is 11.8 Å². The first-order valence-corrected chi connectivity index (χ1v) is 5.53. The van der Waals surface area contributed by atoms with Crippen molar-refractivity contribution in [2.75, 3.05) is 0 Å². The Kier molecular flexibility index (Phi) is 6.91. The fourth-order valence-electron chi connectivity index (χ4n) is 1.32. The second-order valence-electron chi connectivity index (χ2n) is 4.31. The first-order chi connectivity index (χ1) is 7.88. The number of nitrogens with zero attached hydrogens (tertiary/aromatic N) is 1.